The molecule has 0 aromatic rings. The van der Waals surface area contributed by atoms with Crippen LogP contribution in [0.15, 0.2) is 0 Å². The fraction of sp³-hybridized carbons (Fsp3) is 0.929. The summed E-state index contributed by atoms with van der Waals surface area (Å²) in [5.74, 6) is -0.201. The van der Waals surface area contributed by atoms with Gasteiger partial charge in [-0.1, -0.05) is 6.92 Å². The summed E-state index contributed by atoms with van der Waals surface area (Å²) in [6.45, 7) is 5.54. The predicted octanol–water partition coefficient (Wildman–Crippen LogP) is 0.939. The Morgan fingerprint density at radius 3 is 2.95 bits per heavy atom. The third kappa shape index (κ3) is 3.46. The molecule has 2 rings (SSSR count). The number of aliphatic carboxylic acids is 1. The van der Waals surface area contributed by atoms with Gasteiger partial charge in [-0.25, -0.2) is 4.79 Å². The number of carboxylic acids is 1. The number of methoxy groups -OCH3 is 1. The van der Waals surface area contributed by atoms with Crippen LogP contribution in [0.3, 0.4) is 0 Å². The number of hydrogen-bond donors (Lipinski definition) is 2. The molecule has 0 aliphatic carbocycles. The fourth-order valence-electron chi connectivity index (χ4n) is 3.59. The van der Waals surface area contributed by atoms with Crippen molar-refractivity contribution in [2.24, 2.45) is 5.92 Å². The molecule has 2 aliphatic rings. The maximum Gasteiger partial charge on any atom is 0.332 e. The van der Waals surface area contributed by atoms with Crippen molar-refractivity contribution in [3.05, 3.63) is 0 Å². The van der Waals surface area contributed by atoms with Crippen molar-refractivity contribution < 1.29 is 14.6 Å². The van der Waals surface area contributed by atoms with Crippen molar-refractivity contribution in [2.75, 3.05) is 26.7 Å². The van der Waals surface area contributed by atoms with Gasteiger partial charge in [-0.2, -0.15) is 0 Å². The number of rotatable bonds is 5. The lowest BCUT2D eigenvalue weighted by molar-refractivity contribution is -0.149. The van der Waals surface area contributed by atoms with Gasteiger partial charge in [0.15, 0.2) is 6.10 Å². The van der Waals surface area contributed by atoms with Crippen molar-refractivity contribution in [3.8, 4) is 0 Å². The Bertz CT molecular complexity index is 311. The zero-order chi connectivity index (χ0) is 13.8. The minimum absolute atomic E-state index is 0.367. The monoisotopic (exact) mass is 270 g/mol. The molecule has 4 atom stereocenters. The zero-order valence-electron chi connectivity index (χ0n) is 12.0. The largest absolute Gasteiger partial charge is 0.479 e. The molecule has 2 saturated heterocycles. The zero-order valence-corrected chi connectivity index (χ0v) is 12.0. The lowest BCUT2D eigenvalue weighted by Gasteiger charge is -2.40. The van der Waals surface area contributed by atoms with E-state index >= 15 is 0 Å². The molecular formula is C14H26N2O3. The van der Waals surface area contributed by atoms with Crippen LogP contribution in [0, 0.1) is 5.92 Å². The molecule has 2 heterocycles. The summed E-state index contributed by atoms with van der Waals surface area (Å²) in [5.41, 5.74) is 0. The van der Waals surface area contributed by atoms with E-state index in [9.17, 15) is 4.79 Å². The van der Waals surface area contributed by atoms with Crippen LogP contribution in [0.1, 0.15) is 32.6 Å². The van der Waals surface area contributed by atoms with Crippen molar-refractivity contribution in [1.29, 1.82) is 0 Å². The molecule has 0 bridgehead atoms. The summed E-state index contributed by atoms with van der Waals surface area (Å²) in [5, 5.41) is 12.6. The maximum absolute atomic E-state index is 11.1. The maximum atomic E-state index is 11.1. The van der Waals surface area contributed by atoms with Gasteiger partial charge in [-0.05, 0) is 51.2 Å². The fourth-order valence-corrected chi connectivity index (χ4v) is 3.59. The van der Waals surface area contributed by atoms with Gasteiger partial charge in [0.1, 0.15) is 0 Å². The second-order valence-corrected chi connectivity index (χ2v) is 5.87. The van der Waals surface area contributed by atoms with Crippen LogP contribution in [0.25, 0.3) is 0 Å². The molecule has 0 saturated carbocycles. The first-order valence-electron chi connectivity index (χ1n) is 7.35. The van der Waals surface area contributed by atoms with E-state index in [1.807, 2.05) is 0 Å². The van der Waals surface area contributed by atoms with E-state index < -0.39 is 12.1 Å². The Labute approximate surface area is 115 Å². The van der Waals surface area contributed by atoms with Crippen LogP contribution < -0.4 is 5.32 Å². The Morgan fingerprint density at radius 1 is 1.53 bits per heavy atom. The average Bonchev–Trinajstić information content (AvgIpc) is 2.84. The SMILES string of the molecule is COC(C[C@@H]1CCCN1C1CCNCC1C)C(=O)O. The van der Waals surface area contributed by atoms with E-state index in [1.54, 1.807) is 0 Å². The Hall–Kier alpha value is -0.650. The van der Waals surface area contributed by atoms with Crippen LogP contribution in [-0.4, -0.2) is 60.9 Å². The molecule has 2 aliphatic heterocycles. The first-order valence-corrected chi connectivity index (χ1v) is 7.35. The van der Waals surface area contributed by atoms with Gasteiger partial charge in [0.05, 0.1) is 0 Å². The number of carbonyl (C=O) groups is 1. The lowest BCUT2D eigenvalue weighted by Crippen LogP contribution is -2.51. The highest BCUT2D eigenvalue weighted by Gasteiger charge is 2.36. The van der Waals surface area contributed by atoms with E-state index in [-0.39, 0.29) is 0 Å². The highest BCUT2D eigenvalue weighted by atomic mass is 16.5. The standard InChI is InChI=1S/C14H26N2O3/c1-10-9-15-6-5-12(10)16-7-3-4-11(16)8-13(19-2)14(17)18/h10-13,15H,3-9H2,1-2H3,(H,17,18)/t10?,11-,12?,13?/m0/s1. The molecule has 5 nitrogen and oxygen atoms in total. The number of ether oxygens (including phenoxy) is 1. The third-order valence-corrected chi connectivity index (χ3v) is 4.63. The van der Waals surface area contributed by atoms with Gasteiger partial charge in [0.2, 0.25) is 0 Å². The molecule has 110 valence electrons. The van der Waals surface area contributed by atoms with Gasteiger partial charge in [-0.15, -0.1) is 0 Å². The van der Waals surface area contributed by atoms with Gasteiger partial charge in [0, 0.05) is 19.2 Å². The topological polar surface area (TPSA) is 61.8 Å². The van der Waals surface area contributed by atoms with Crippen molar-refractivity contribution >= 4 is 5.97 Å². The molecule has 0 aromatic heterocycles. The summed E-state index contributed by atoms with van der Waals surface area (Å²) in [7, 11) is 1.49. The average molecular weight is 270 g/mol. The highest BCUT2D eigenvalue weighted by Crippen LogP contribution is 2.29. The van der Waals surface area contributed by atoms with Crippen LogP contribution in [0.5, 0.6) is 0 Å². The van der Waals surface area contributed by atoms with E-state index in [4.69, 9.17) is 9.84 Å². The van der Waals surface area contributed by atoms with Crippen LogP contribution in [-0.2, 0) is 9.53 Å². The smallest absolute Gasteiger partial charge is 0.332 e. The van der Waals surface area contributed by atoms with Crippen LogP contribution >= 0.6 is 0 Å². The van der Waals surface area contributed by atoms with Crippen LogP contribution in [0.4, 0.5) is 0 Å². The number of nitrogens with one attached hydrogen (secondary N) is 1. The Kier molecular flexibility index (Phi) is 5.19. The molecule has 2 fully saturated rings. The van der Waals surface area contributed by atoms with Gasteiger partial charge in [0.25, 0.3) is 0 Å². The summed E-state index contributed by atoms with van der Waals surface area (Å²) in [6.07, 6.45) is 3.40. The number of hydrogen-bond acceptors (Lipinski definition) is 4. The first-order chi connectivity index (χ1) is 9.13. The van der Waals surface area contributed by atoms with Gasteiger partial charge in [-0.3, -0.25) is 4.90 Å². The molecule has 0 aromatic carbocycles. The van der Waals surface area contributed by atoms with Gasteiger partial charge >= 0.3 is 5.97 Å². The summed E-state index contributed by atoms with van der Waals surface area (Å²) >= 11 is 0. The van der Waals surface area contributed by atoms with Crippen molar-refractivity contribution in [3.63, 3.8) is 0 Å². The second-order valence-electron chi connectivity index (χ2n) is 5.87. The highest BCUT2D eigenvalue weighted by molar-refractivity contribution is 5.72. The second kappa shape index (κ2) is 6.68. The molecule has 0 radical (unpaired) electrons. The molecule has 3 unspecified atom stereocenters. The minimum Gasteiger partial charge on any atom is -0.479 e. The van der Waals surface area contributed by atoms with E-state index in [0.29, 0.717) is 24.4 Å². The normalized spacial score (nSPS) is 34.3. The molecular weight excluding hydrogens is 244 g/mol. The number of piperidine rings is 1. The summed E-state index contributed by atoms with van der Waals surface area (Å²) < 4.78 is 5.10. The lowest BCUT2D eigenvalue weighted by atomic mass is 9.92. The van der Waals surface area contributed by atoms with Gasteiger partial charge < -0.3 is 15.2 Å². The van der Waals surface area contributed by atoms with E-state index in [1.165, 1.54) is 20.0 Å². The van der Waals surface area contributed by atoms with E-state index in [2.05, 4.69) is 17.1 Å². The number of likely N-dealkylation sites (tertiary alicyclic amines) is 1. The van der Waals surface area contributed by atoms with E-state index in [0.717, 1.165) is 26.1 Å². The minimum atomic E-state index is -0.840. The molecule has 0 amide bonds. The molecule has 0 spiro atoms. The summed E-state index contributed by atoms with van der Waals surface area (Å²) in [6, 6.07) is 0.964. The van der Waals surface area contributed by atoms with Crippen molar-refractivity contribution in [2.45, 2.75) is 50.8 Å². The predicted molar refractivity (Wildman–Crippen MR) is 73.2 cm³/mol. The molecule has 5 heteroatoms. The number of nitrogens with zero attached hydrogens (tertiary/aromatic N) is 1. The number of carboxylic acid groups (broad SMARTS) is 1. The van der Waals surface area contributed by atoms with Crippen LogP contribution in [0.2, 0.25) is 0 Å². The molecule has 19 heavy (non-hydrogen) atoms. The Morgan fingerprint density at radius 2 is 2.32 bits per heavy atom. The third-order valence-electron chi connectivity index (χ3n) is 4.63. The first kappa shape index (κ1) is 14.8. The van der Waals surface area contributed by atoms with Crippen molar-refractivity contribution in [1.82, 2.24) is 10.2 Å². The summed E-state index contributed by atoms with van der Waals surface area (Å²) in [4.78, 5) is 13.7. The molecule has 2 N–H and O–H groups in total. The Balaban J connectivity index is 1.97. The quantitative estimate of drug-likeness (QED) is 0.778.